The Hall–Kier alpha value is -0.870. The average Bonchev–Trinajstić information content (AvgIpc) is 2.43. The number of thioether (sulfide) groups is 1. The molecular weight excluding hydrogens is 248 g/mol. The van der Waals surface area contributed by atoms with Crippen molar-refractivity contribution in [2.45, 2.75) is 31.6 Å². The van der Waals surface area contributed by atoms with Crippen LogP contribution in [0.15, 0.2) is 18.2 Å². The molecule has 0 bridgehead atoms. The van der Waals surface area contributed by atoms with Crippen LogP contribution < -0.4 is 9.47 Å². The van der Waals surface area contributed by atoms with E-state index in [9.17, 15) is 5.11 Å². The molecule has 0 amide bonds. The Kier molecular flexibility index (Phi) is 4.78. The lowest BCUT2D eigenvalue weighted by atomic mass is 10.1. The molecule has 1 aliphatic heterocycles. The largest absolute Gasteiger partial charge is 0.486 e. The van der Waals surface area contributed by atoms with E-state index >= 15 is 0 Å². The predicted molar refractivity (Wildman–Crippen MR) is 74.6 cm³/mol. The molecule has 1 aromatic carbocycles. The summed E-state index contributed by atoms with van der Waals surface area (Å²) in [5.74, 6) is 2.23. The van der Waals surface area contributed by atoms with Crippen LogP contribution in [0, 0.1) is 0 Å². The van der Waals surface area contributed by atoms with Crippen LogP contribution in [0.5, 0.6) is 11.5 Å². The van der Waals surface area contributed by atoms with E-state index in [0.29, 0.717) is 24.2 Å². The van der Waals surface area contributed by atoms with Gasteiger partial charge in [-0.05, 0) is 24.1 Å². The standard InChI is InChI=1S/C14H20O3S/c1-3-10(2)18-9-12(15)11-4-5-13-14(8-11)17-7-6-16-13/h4-5,8,10,12,15H,3,6-7,9H2,1-2H3. The lowest BCUT2D eigenvalue weighted by Gasteiger charge is -2.20. The van der Waals surface area contributed by atoms with E-state index in [2.05, 4.69) is 13.8 Å². The van der Waals surface area contributed by atoms with Gasteiger partial charge < -0.3 is 14.6 Å². The summed E-state index contributed by atoms with van der Waals surface area (Å²) in [6.07, 6.45) is 0.679. The Labute approximate surface area is 112 Å². The highest BCUT2D eigenvalue weighted by Crippen LogP contribution is 2.33. The Morgan fingerprint density at radius 3 is 2.72 bits per heavy atom. The Morgan fingerprint density at radius 1 is 1.28 bits per heavy atom. The van der Waals surface area contributed by atoms with E-state index in [4.69, 9.17) is 9.47 Å². The molecule has 1 heterocycles. The van der Waals surface area contributed by atoms with Gasteiger partial charge in [0.2, 0.25) is 0 Å². The minimum absolute atomic E-state index is 0.445. The van der Waals surface area contributed by atoms with Crippen LogP contribution in [-0.4, -0.2) is 29.3 Å². The first-order valence-corrected chi connectivity index (χ1v) is 7.44. The molecule has 1 aromatic rings. The van der Waals surface area contributed by atoms with E-state index in [-0.39, 0.29) is 0 Å². The van der Waals surface area contributed by atoms with Gasteiger partial charge in [0.15, 0.2) is 11.5 Å². The van der Waals surface area contributed by atoms with Gasteiger partial charge in [-0.3, -0.25) is 0 Å². The smallest absolute Gasteiger partial charge is 0.161 e. The fraction of sp³-hybridized carbons (Fsp3) is 0.571. The summed E-state index contributed by atoms with van der Waals surface area (Å²) >= 11 is 1.79. The van der Waals surface area contributed by atoms with Crippen LogP contribution in [0.4, 0.5) is 0 Å². The van der Waals surface area contributed by atoms with Crippen molar-refractivity contribution in [3.8, 4) is 11.5 Å². The van der Waals surface area contributed by atoms with Gasteiger partial charge in [-0.25, -0.2) is 0 Å². The minimum Gasteiger partial charge on any atom is -0.486 e. The van der Waals surface area contributed by atoms with Crippen molar-refractivity contribution in [2.24, 2.45) is 0 Å². The van der Waals surface area contributed by atoms with Crippen molar-refractivity contribution in [2.75, 3.05) is 19.0 Å². The molecule has 2 rings (SSSR count). The Morgan fingerprint density at radius 2 is 2.00 bits per heavy atom. The van der Waals surface area contributed by atoms with Crippen LogP contribution in [0.3, 0.4) is 0 Å². The molecule has 1 aliphatic rings. The van der Waals surface area contributed by atoms with Crippen LogP contribution in [0.2, 0.25) is 0 Å². The zero-order valence-electron chi connectivity index (χ0n) is 10.9. The first kappa shape index (κ1) is 13.6. The summed E-state index contributed by atoms with van der Waals surface area (Å²) in [7, 11) is 0. The van der Waals surface area contributed by atoms with Gasteiger partial charge in [-0.2, -0.15) is 11.8 Å². The molecule has 100 valence electrons. The molecule has 0 aromatic heterocycles. The average molecular weight is 268 g/mol. The molecule has 0 saturated carbocycles. The van der Waals surface area contributed by atoms with Crippen LogP contribution in [0.25, 0.3) is 0 Å². The van der Waals surface area contributed by atoms with Crippen molar-refractivity contribution in [1.29, 1.82) is 0 Å². The summed E-state index contributed by atoms with van der Waals surface area (Å²) in [5, 5.41) is 10.7. The second kappa shape index (κ2) is 6.34. The maximum absolute atomic E-state index is 10.1. The molecule has 4 heteroatoms. The van der Waals surface area contributed by atoms with E-state index in [1.807, 2.05) is 18.2 Å². The van der Waals surface area contributed by atoms with Gasteiger partial charge in [0.1, 0.15) is 13.2 Å². The van der Waals surface area contributed by atoms with Crippen molar-refractivity contribution < 1.29 is 14.6 Å². The summed E-state index contributed by atoms with van der Waals surface area (Å²) < 4.78 is 11.0. The SMILES string of the molecule is CCC(C)SCC(O)c1ccc2c(c1)OCCO2. The summed E-state index contributed by atoms with van der Waals surface area (Å²) in [4.78, 5) is 0. The first-order valence-electron chi connectivity index (χ1n) is 6.40. The fourth-order valence-corrected chi connectivity index (χ4v) is 2.68. The Balaban J connectivity index is 1.99. The van der Waals surface area contributed by atoms with E-state index in [0.717, 1.165) is 23.5 Å². The molecule has 2 atom stereocenters. The van der Waals surface area contributed by atoms with Gasteiger partial charge in [0.25, 0.3) is 0 Å². The molecule has 0 saturated heterocycles. The van der Waals surface area contributed by atoms with Crippen LogP contribution >= 0.6 is 11.8 Å². The second-order valence-electron chi connectivity index (χ2n) is 4.47. The van der Waals surface area contributed by atoms with Gasteiger partial charge in [0.05, 0.1) is 6.10 Å². The van der Waals surface area contributed by atoms with Crippen molar-refractivity contribution >= 4 is 11.8 Å². The predicted octanol–water partition coefficient (Wildman–Crippen LogP) is 3.02. The third-order valence-corrected chi connectivity index (χ3v) is 4.48. The second-order valence-corrected chi connectivity index (χ2v) is 5.94. The van der Waals surface area contributed by atoms with Crippen molar-refractivity contribution in [3.63, 3.8) is 0 Å². The molecule has 0 aliphatic carbocycles. The number of hydrogen-bond donors (Lipinski definition) is 1. The molecule has 0 spiro atoms. The normalized spacial score (nSPS) is 17.3. The summed E-state index contributed by atoms with van der Waals surface area (Å²) in [5.41, 5.74) is 0.898. The molecular formula is C14H20O3S. The van der Waals surface area contributed by atoms with Gasteiger partial charge in [0, 0.05) is 11.0 Å². The molecule has 0 fully saturated rings. The first-order chi connectivity index (χ1) is 8.70. The molecule has 3 nitrogen and oxygen atoms in total. The zero-order chi connectivity index (χ0) is 13.0. The number of ether oxygens (including phenoxy) is 2. The van der Waals surface area contributed by atoms with Crippen LogP contribution in [0.1, 0.15) is 31.9 Å². The van der Waals surface area contributed by atoms with Gasteiger partial charge >= 0.3 is 0 Å². The fourth-order valence-electron chi connectivity index (χ4n) is 1.74. The number of aliphatic hydroxyl groups is 1. The molecule has 1 N–H and O–H groups in total. The number of aliphatic hydroxyl groups excluding tert-OH is 1. The van der Waals surface area contributed by atoms with Gasteiger partial charge in [-0.15, -0.1) is 0 Å². The van der Waals surface area contributed by atoms with Crippen LogP contribution in [-0.2, 0) is 0 Å². The number of hydrogen-bond acceptors (Lipinski definition) is 4. The topological polar surface area (TPSA) is 38.7 Å². The monoisotopic (exact) mass is 268 g/mol. The third-order valence-electron chi connectivity index (χ3n) is 3.06. The van der Waals surface area contributed by atoms with Gasteiger partial charge in [-0.1, -0.05) is 19.9 Å². The maximum Gasteiger partial charge on any atom is 0.161 e. The summed E-state index contributed by atoms with van der Waals surface area (Å²) in [6, 6.07) is 5.67. The quantitative estimate of drug-likeness (QED) is 0.891. The lowest BCUT2D eigenvalue weighted by Crippen LogP contribution is -2.15. The highest BCUT2D eigenvalue weighted by atomic mass is 32.2. The minimum atomic E-state index is -0.445. The number of fused-ring (bicyclic) bond motifs is 1. The van der Waals surface area contributed by atoms with E-state index in [1.165, 1.54) is 0 Å². The van der Waals surface area contributed by atoms with E-state index in [1.54, 1.807) is 11.8 Å². The molecule has 18 heavy (non-hydrogen) atoms. The molecule has 2 unspecified atom stereocenters. The molecule has 0 radical (unpaired) electrons. The van der Waals surface area contributed by atoms with E-state index < -0.39 is 6.10 Å². The summed E-state index contributed by atoms with van der Waals surface area (Å²) in [6.45, 7) is 5.52. The number of rotatable bonds is 5. The maximum atomic E-state index is 10.1. The zero-order valence-corrected chi connectivity index (χ0v) is 11.7. The highest BCUT2D eigenvalue weighted by Gasteiger charge is 2.16. The highest BCUT2D eigenvalue weighted by molar-refractivity contribution is 7.99. The van der Waals surface area contributed by atoms with Crippen molar-refractivity contribution in [1.82, 2.24) is 0 Å². The Bertz CT molecular complexity index is 395. The number of benzene rings is 1. The third kappa shape index (κ3) is 3.33. The lowest BCUT2D eigenvalue weighted by molar-refractivity contribution is 0.169. The van der Waals surface area contributed by atoms with Crippen molar-refractivity contribution in [3.05, 3.63) is 23.8 Å².